The average Bonchev–Trinajstić information content (AvgIpc) is 2.79. The van der Waals surface area contributed by atoms with Crippen molar-refractivity contribution >= 4 is 9.84 Å². The summed E-state index contributed by atoms with van der Waals surface area (Å²) < 4.78 is 23.5. The van der Waals surface area contributed by atoms with Crippen LogP contribution in [0.4, 0.5) is 0 Å². The highest BCUT2D eigenvalue weighted by molar-refractivity contribution is 7.93. The van der Waals surface area contributed by atoms with Gasteiger partial charge in [-0.3, -0.25) is 0 Å². The second kappa shape index (κ2) is 3.02. The maximum absolute atomic E-state index is 12.1. The molecule has 2 aliphatic rings. The minimum atomic E-state index is -2.93. The Bertz CT molecular complexity index is 399. The Balaban J connectivity index is 2.39. The van der Waals surface area contributed by atoms with E-state index in [1.807, 2.05) is 27.7 Å². The molecule has 2 fully saturated rings. The zero-order valence-corrected chi connectivity index (χ0v) is 11.5. The van der Waals surface area contributed by atoms with E-state index in [1.165, 1.54) is 0 Å². The topological polar surface area (TPSA) is 60.2 Å². The Morgan fingerprint density at radius 3 is 2.00 bits per heavy atom. The van der Waals surface area contributed by atoms with Crippen molar-refractivity contribution < 1.29 is 8.42 Å². The van der Waals surface area contributed by atoms with E-state index < -0.39 is 14.6 Å². The van der Waals surface area contributed by atoms with Gasteiger partial charge in [0.25, 0.3) is 0 Å². The quantitative estimate of drug-likeness (QED) is 0.806. The Hall–Kier alpha value is -0.0900. The number of nitrogens with two attached hydrogens (primary N) is 1. The predicted molar refractivity (Wildman–Crippen MR) is 65.9 cm³/mol. The lowest BCUT2D eigenvalue weighted by Crippen LogP contribution is -2.51. The molecule has 0 radical (unpaired) electrons. The Labute approximate surface area is 98.7 Å². The molecule has 1 aliphatic carbocycles. The largest absolute Gasteiger partial charge is 0.325 e. The van der Waals surface area contributed by atoms with Crippen LogP contribution in [0, 0.1) is 11.3 Å². The first-order valence-electron chi connectivity index (χ1n) is 6.06. The van der Waals surface area contributed by atoms with Gasteiger partial charge in [-0.25, -0.2) is 8.42 Å². The Kier molecular flexibility index (Phi) is 2.33. The lowest BCUT2D eigenvalue weighted by molar-refractivity contribution is 0.161. The van der Waals surface area contributed by atoms with Crippen LogP contribution in [0.2, 0.25) is 0 Å². The summed E-state index contributed by atoms with van der Waals surface area (Å²) >= 11 is 0. The summed E-state index contributed by atoms with van der Waals surface area (Å²) in [6.07, 6.45) is 2.95. The molecule has 0 bridgehead atoms. The van der Waals surface area contributed by atoms with Crippen molar-refractivity contribution in [2.24, 2.45) is 17.1 Å². The molecule has 1 saturated carbocycles. The van der Waals surface area contributed by atoms with Crippen molar-refractivity contribution in [2.75, 3.05) is 5.75 Å². The molecule has 0 aromatic carbocycles. The standard InChI is InChI=1S/C12H23NO2S/c1-10(2)9(5-8-16(10,14)15)12(6-7-12)11(3,4)13/h9H,5-8,13H2,1-4H3. The summed E-state index contributed by atoms with van der Waals surface area (Å²) in [5.74, 6) is 0.563. The van der Waals surface area contributed by atoms with Crippen molar-refractivity contribution in [3.8, 4) is 0 Å². The van der Waals surface area contributed by atoms with Crippen molar-refractivity contribution in [3.63, 3.8) is 0 Å². The number of hydrogen-bond acceptors (Lipinski definition) is 3. The Morgan fingerprint density at radius 1 is 1.25 bits per heavy atom. The van der Waals surface area contributed by atoms with Gasteiger partial charge in [-0.15, -0.1) is 0 Å². The molecule has 3 nitrogen and oxygen atoms in total. The molecule has 16 heavy (non-hydrogen) atoms. The maximum Gasteiger partial charge on any atom is 0.155 e. The molecule has 1 aliphatic heterocycles. The average molecular weight is 245 g/mol. The van der Waals surface area contributed by atoms with Gasteiger partial charge in [0, 0.05) is 5.54 Å². The smallest absolute Gasteiger partial charge is 0.155 e. The van der Waals surface area contributed by atoms with Crippen LogP contribution >= 0.6 is 0 Å². The van der Waals surface area contributed by atoms with Gasteiger partial charge < -0.3 is 5.73 Å². The first-order valence-corrected chi connectivity index (χ1v) is 7.71. The molecule has 0 aromatic heterocycles. The van der Waals surface area contributed by atoms with Gasteiger partial charge in [-0.05, 0) is 58.3 Å². The lowest BCUT2D eigenvalue weighted by Gasteiger charge is -2.41. The molecule has 1 atom stereocenters. The summed E-state index contributed by atoms with van der Waals surface area (Å²) in [6.45, 7) is 7.85. The van der Waals surface area contributed by atoms with E-state index in [9.17, 15) is 8.42 Å². The predicted octanol–water partition coefficient (Wildman–Crippen LogP) is 1.72. The number of sulfone groups is 1. The monoisotopic (exact) mass is 245 g/mol. The lowest BCUT2D eigenvalue weighted by atomic mass is 9.69. The zero-order valence-electron chi connectivity index (χ0n) is 10.7. The summed E-state index contributed by atoms with van der Waals surface area (Å²) in [5, 5.41) is 0. The van der Waals surface area contributed by atoms with E-state index in [2.05, 4.69) is 0 Å². The molecular formula is C12H23NO2S. The normalized spacial score (nSPS) is 34.9. The van der Waals surface area contributed by atoms with Crippen LogP contribution < -0.4 is 5.73 Å². The van der Waals surface area contributed by atoms with Gasteiger partial charge in [0.15, 0.2) is 9.84 Å². The number of rotatable bonds is 2. The highest BCUT2D eigenvalue weighted by Gasteiger charge is 2.65. The minimum absolute atomic E-state index is 0.0556. The maximum atomic E-state index is 12.1. The van der Waals surface area contributed by atoms with Crippen LogP contribution in [0.25, 0.3) is 0 Å². The van der Waals surface area contributed by atoms with Crippen LogP contribution in [-0.2, 0) is 9.84 Å². The molecule has 1 saturated heterocycles. The molecule has 1 heterocycles. The fourth-order valence-electron chi connectivity index (χ4n) is 3.62. The van der Waals surface area contributed by atoms with Crippen LogP contribution in [0.5, 0.6) is 0 Å². The molecule has 4 heteroatoms. The highest BCUT2D eigenvalue weighted by atomic mass is 32.2. The van der Waals surface area contributed by atoms with Gasteiger partial charge in [0.1, 0.15) is 0 Å². The fraction of sp³-hybridized carbons (Fsp3) is 1.00. The second-order valence-electron chi connectivity index (χ2n) is 6.64. The summed E-state index contributed by atoms with van der Waals surface area (Å²) in [5.41, 5.74) is 6.06. The van der Waals surface area contributed by atoms with Gasteiger partial charge in [0.05, 0.1) is 10.5 Å². The molecule has 0 amide bonds. The van der Waals surface area contributed by atoms with Crippen LogP contribution in [0.3, 0.4) is 0 Å². The van der Waals surface area contributed by atoms with E-state index in [4.69, 9.17) is 5.73 Å². The summed E-state index contributed by atoms with van der Waals surface area (Å²) in [4.78, 5) is 0. The van der Waals surface area contributed by atoms with Crippen LogP contribution in [0.15, 0.2) is 0 Å². The van der Waals surface area contributed by atoms with Gasteiger partial charge >= 0.3 is 0 Å². The first-order chi connectivity index (χ1) is 7.05. The second-order valence-corrected chi connectivity index (χ2v) is 9.33. The van der Waals surface area contributed by atoms with Crippen molar-refractivity contribution in [2.45, 2.75) is 57.2 Å². The molecular weight excluding hydrogens is 222 g/mol. The third-order valence-corrected chi connectivity index (χ3v) is 7.72. The zero-order chi connectivity index (χ0) is 12.4. The molecule has 1 unspecified atom stereocenters. The fourth-order valence-corrected chi connectivity index (χ4v) is 5.47. The molecule has 2 rings (SSSR count). The van der Waals surface area contributed by atoms with Crippen LogP contribution in [0.1, 0.15) is 47.0 Å². The number of hydrogen-bond donors (Lipinski definition) is 1. The third-order valence-electron chi connectivity index (χ3n) is 5.05. The van der Waals surface area contributed by atoms with Crippen molar-refractivity contribution in [3.05, 3.63) is 0 Å². The van der Waals surface area contributed by atoms with Gasteiger partial charge in [-0.2, -0.15) is 0 Å². The van der Waals surface area contributed by atoms with Gasteiger partial charge in [-0.1, -0.05) is 0 Å². The molecule has 94 valence electrons. The van der Waals surface area contributed by atoms with E-state index in [0.29, 0.717) is 5.75 Å². The molecule has 2 N–H and O–H groups in total. The van der Waals surface area contributed by atoms with E-state index in [0.717, 1.165) is 19.3 Å². The van der Waals surface area contributed by atoms with Crippen molar-refractivity contribution in [1.29, 1.82) is 0 Å². The summed E-state index contributed by atoms with van der Waals surface area (Å²) in [7, 11) is -2.93. The third kappa shape index (κ3) is 1.39. The first kappa shape index (κ1) is 12.4. The van der Waals surface area contributed by atoms with E-state index >= 15 is 0 Å². The van der Waals surface area contributed by atoms with E-state index in [1.54, 1.807) is 0 Å². The SMILES string of the molecule is CC(C)(N)C1(C2CCS(=O)(=O)C2(C)C)CC1. The Morgan fingerprint density at radius 2 is 1.75 bits per heavy atom. The van der Waals surface area contributed by atoms with E-state index in [-0.39, 0.29) is 16.9 Å². The summed E-state index contributed by atoms with van der Waals surface area (Å²) in [6, 6.07) is 0. The minimum Gasteiger partial charge on any atom is -0.325 e. The van der Waals surface area contributed by atoms with Gasteiger partial charge in [0.2, 0.25) is 0 Å². The van der Waals surface area contributed by atoms with Crippen LogP contribution in [-0.4, -0.2) is 24.5 Å². The molecule has 0 spiro atoms. The highest BCUT2D eigenvalue weighted by Crippen LogP contribution is 2.64. The van der Waals surface area contributed by atoms with Crippen molar-refractivity contribution in [1.82, 2.24) is 0 Å². The molecule has 0 aromatic rings.